The summed E-state index contributed by atoms with van der Waals surface area (Å²) >= 11 is 2.08. The monoisotopic (exact) mass is 396 g/mol. The number of nitrogens with zero attached hydrogens (tertiary/aromatic N) is 3. The Hall–Kier alpha value is -1.92. The van der Waals surface area contributed by atoms with Crippen LogP contribution in [0.2, 0.25) is 0 Å². The van der Waals surface area contributed by atoms with Gasteiger partial charge in [-0.05, 0) is 47.7 Å². The zero-order valence-electron chi connectivity index (χ0n) is 11.6. The van der Waals surface area contributed by atoms with Crippen molar-refractivity contribution in [3.8, 4) is 6.07 Å². The average molecular weight is 396 g/mol. The van der Waals surface area contributed by atoms with E-state index in [4.69, 9.17) is 9.15 Å². The fraction of sp³-hybridized carbons (Fsp3) is 0.214. The number of halogens is 1. The molecule has 2 aromatic heterocycles. The highest BCUT2D eigenvalue weighted by Crippen LogP contribution is 2.19. The molecule has 108 valence electrons. The first-order chi connectivity index (χ1) is 10.1. The van der Waals surface area contributed by atoms with Crippen molar-refractivity contribution in [2.75, 3.05) is 12.5 Å². The van der Waals surface area contributed by atoms with E-state index < -0.39 is 0 Å². The predicted octanol–water partition coefficient (Wildman–Crippen LogP) is 3.05. The van der Waals surface area contributed by atoms with Crippen molar-refractivity contribution in [3.63, 3.8) is 0 Å². The summed E-state index contributed by atoms with van der Waals surface area (Å²) in [4.78, 5) is 4.29. The summed E-state index contributed by atoms with van der Waals surface area (Å²) in [6.45, 7) is 2.20. The largest absolute Gasteiger partial charge is 0.449 e. The van der Waals surface area contributed by atoms with E-state index in [0.717, 1.165) is 15.0 Å². The predicted molar refractivity (Wildman–Crippen MR) is 87.0 cm³/mol. The summed E-state index contributed by atoms with van der Waals surface area (Å²) in [5.41, 5.74) is 4.76. The number of pyridine rings is 1. The molecule has 7 heteroatoms. The number of methoxy groups -OCH3 is 1. The topological polar surface area (TPSA) is 83.4 Å². The molecule has 0 atom stereocenters. The van der Waals surface area contributed by atoms with Crippen LogP contribution in [0.25, 0.3) is 0 Å². The number of ether oxygens (including phenoxy) is 1. The second kappa shape index (κ2) is 7.19. The van der Waals surface area contributed by atoms with Crippen LogP contribution in [0.4, 0.5) is 5.82 Å². The fourth-order valence-corrected chi connectivity index (χ4v) is 2.20. The van der Waals surface area contributed by atoms with Crippen LogP contribution in [0.3, 0.4) is 0 Å². The Balaban J connectivity index is 2.23. The molecule has 0 fully saturated rings. The Bertz CT molecular complexity index is 703. The van der Waals surface area contributed by atoms with Crippen molar-refractivity contribution in [2.24, 2.45) is 5.10 Å². The van der Waals surface area contributed by atoms with E-state index in [1.807, 2.05) is 19.1 Å². The SMILES string of the molecule is COCc1cc(C)nc(N/N=C/c2ccc(I)o2)c1C#N. The molecule has 0 amide bonds. The maximum atomic E-state index is 9.28. The summed E-state index contributed by atoms with van der Waals surface area (Å²) in [6, 6.07) is 7.59. The molecule has 0 unspecified atom stereocenters. The van der Waals surface area contributed by atoms with Crippen LogP contribution in [0.5, 0.6) is 0 Å². The van der Waals surface area contributed by atoms with Gasteiger partial charge in [-0.15, -0.1) is 0 Å². The second-order valence-electron chi connectivity index (χ2n) is 4.20. The highest BCUT2D eigenvalue weighted by Gasteiger charge is 2.10. The van der Waals surface area contributed by atoms with Gasteiger partial charge < -0.3 is 9.15 Å². The Kier molecular flexibility index (Phi) is 5.30. The Labute approximate surface area is 136 Å². The van der Waals surface area contributed by atoms with Crippen molar-refractivity contribution in [1.29, 1.82) is 5.26 Å². The maximum absolute atomic E-state index is 9.28. The van der Waals surface area contributed by atoms with Gasteiger partial charge in [-0.1, -0.05) is 0 Å². The molecule has 2 rings (SSSR count). The summed E-state index contributed by atoms with van der Waals surface area (Å²) in [5.74, 6) is 1.03. The average Bonchev–Trinajstić information content (AvgIpc) is 2.85. The Morgan fingerprint density at radius 3 is 3.00 bits per heavy atom. The first kappa shape index (κ1) is 15.5. The highest BCUT2D eigenvalue weighted by atomic mass is 127. The number of aryl methyl sites for hydroxylation is 1. The van der Waals surface area contributed by atoms with Gasteiger partial charge in [0.05, 0.1) is 12.8 Å². The lowest BCUT2D eigenvalue weighted by molar-refractivity contribution is 0.184. The van der Waals surface area contributed by atoms with Gasteiger partial charge >= 0.3 is 0 Å². The standard InChI is InChI=1S/C14H13IN4O2/c1-9-5-10(8-20-2)12(6-16)14(18-9)19-17-7-11-3-4-13(15)21-11/h3-5,7H,8H2,1-2H3,(H,18,19)/b17-7+. The fourth-order valence-electron chi connectivity index (χ4n) is 1.77. The van der Waals surface area contributed by atoms with Crippen LogP contribution < -0.4 is 5.43 Å². The lowest BCUT2D eigenvalue weighted by Crippen LogP contribution is -2.03. The number of anilines is 1. The van der Waals surface area contributed by atoms with Crippen molar-refractivity contribution in [1.82, 2.24) is 4.98 Å². The second-order valence-corrected chi connectivity index (χ2v) is 5.27. The van der Waals surface area contributed by atoms with Gasteiger partial charge in [0.25, 0.3) is 0 Å². The third-order valence-electron chi connectivity index (χ3n) is 2.60. The molecule has 0 aromatic carbocycles. The Morgan fingerprint density at radius 2 is 2.38 bits per heavy atom. The molecule has 0 radical (unpaired) electrons. The molecule has 0 bridgehead atoms. The molecule has 0 spiro atoms. The van der Waals surface area contributed by atoms with Crippen molar-refractivity contribution in [2.45, 2.75) is 13.5 Å². The number of hydrogen-bond acceptors (Lipinski definition) is 6. The Morgan fingerprint density at radius 1 is 1.57 bits per heavy atom. The van der Waals surface area contributed by atoms with Gasteiger partial charge in [-0.3, -0.25) is 5.43 Å². The minimum Gasteiger partial charge on any atom is -0.449 e. The van der Waals surface area contributed by atoms with Crippen LogP contribution in [0.1, 0.15) is 22.6 Å². The lowest BCUT2D eigenvalue weighted by Gasteiger charge is -2.08. The van der Waals surface area contributed by atoms with Crippen molar-refractivity contribution >= 4 is 34.6 Å². The van der Waals surface area contributed by atoms with Gasteiger partial charge in [0.15, 0.2) is 9.58 Å². The number of aromatic nitrogens is 1. The quantitative estimate of drug-likeness (QED) is 0.477. The number of hydrogen-bond donors (Lipinski definition) is 1. The van der Waals surface area contributed by atoms with Gasteiger partial charge in [-0.25, -0.2) is 4.98 Å². The van der Waals surface area contributed by atoms with Crippen LogP contribution in [0.15, 0.2) is 27.7 Å². The summed E-state index contributed by atoms with van der Waals surface area (Å²) in [7, 11) is 1.58. The van der Waals surface area contributed by atoms with E-state index >= 15 is 0 Å². The molecule has 0 saturated heterocycles. The number of hydrazone groups is 1. The zero-order chi connectivity index (χ0) is 15.2. The molecule has 6 nitrogen and oxygen atoms in total. The third kappa shape index (κ3) is 4.03. The summed E-state index contributed by atoms with van der Waals surface area (Å²) in [6.07, 6.45) is 1.53. The van der Waals surface area contributed by atoms with E-state index in [2.05, 4.69) is 44.2 Å². The molecule has 0 aliphatic heterocycles. The van der Waals surface area contributed by atoms with Crippen LogP contribution in [-0.4, -0.2) is 18.3 Å². The molecule has 21 heavy (non-hydrogen) atoms. The van der Waals surface area contributed by atoms with E-state index in [-0.39, 0.29) is 0 Å². The summed E-state index contributed by atoms with van der Waals surface area (Å²) in [5, 5.41) is 13.3. The molecule has 1 N–H and O–H groups in total. The van der Waals surface area contributed by atoms with Gasteiger partial charge in [0.2, 0.25) is 0 Å². The number of nitriles is 1. The van der Waals surface area contributed by atoms with Gasteiger partial charge in [0.1, 0.15) is 17.4 Å². The minimum absolute atomic E-state index is 0.348. The maximum Gasteiger partial charge on any atom is 0.164 e. The normalized spacial score (nSPS) is 10.8. The first-order valence-electron chi connectivity index (χ1n) is 6.08. The van der Waals surface area contributed by atoms with E-state index in [9.17, 15) is 5.26 Å². The van der Waals surface area contributed by atoms with E-state index in [0.29, 0.717) is 23.7 Å². The molecular weight excluding hydrogens is 383 g/mol. The zero-order valence-corrected chi connectivity index (χ0v) is 13.7. The molecule has 0 saturated carbocycles. The van der Waals surface area contributed by atoms with Crippen LogP contribution >= 0.6 is 22.6 Å². The minimum atomic E-state index is 0.348. The van der Waals surface area contributed by atoms with Crippen molar-refractivity contribution < 1.29 is 9.15 Å². The third-order valence-corrected chi connectivity index (χ3v) is 3.18. The van der Waals surface area contributed by atoms with E-state index in [1.54, 1.807) is 13.2 Å². The molecular formula is C14H13IN4O2. The first-order valence-corrected chi connectivity index (χ1v) is 7.16. The number of furan rings is 1. The number of rotatable bonds is 5. The summed E-state index contributed by atoms with van der Waals surface area (Å²) < 4.78 is 11.2. The van der Waals surface area contributed by atoms with E-state index in [1.165, 1.54) is 6.21 Å². The van der Waals surface area contributed by atoms with Crippen molar-refractivity contribution in [3.05, 3.63) is 44.5 Å². The van der Waals surface area contributed by atoms with Crippen LogP contribution in [-0.2, 0) is 11.3 Å². The molecule has 2 aromatic rings. The highest BCUT2D eigenvalue weighted by molar-refractivity contribution is 14.1. The van der Waals surface area contributed by atoms with Gasteiger partial charge in [0, 0.05) is 18.4 Å². The number of nitrogens with one attached hydrogen (secondary N) is 1. The molecule has 2 heterocycles. The van der Waals surface area contributed by atoms with Crippen LogP contribution in [0, 0.1) is 22.0 Å². The molecule has 0 aliphatic rings. The smallest absolute Gasteiger partial charge is 0.164 e. The lowest BCUT2D eigenvalue weighted by atomic mass is 10.1. The van der Waals surface area contributed by atoms with Gasteiger partial charge in [-0.2, -0.15) is 10.4 Å². The molecule has 0 aliphatic carbocycles.